The number of nitrogens with zero attached hydrogens (tertiary/aromatic N) is 1. The summed E-state index contributed by atoms with van der Waals surface area (Å²) < 4.78 is 40.2. The van der Waals surface area contributed by atoms with E-state index in [1.165, 1.54) is 20.2 Å². The fraction of sp³-hybridized carbons (Fsp3) is 0.167. The standard InChI is InChI=1S/C24H25FN4O3S2/c1-15(16-9-13-19(14-10-16)34(31,32)29(2)3)27-24(33)28-18-11-7-17(8-12-18)20-5-4-6-21(22(20)25)23(26)30/h4-15H,1-3H3,(H2,26,30)(H2,27,28,33). The van der Waals surface area contributed by atoms with Gasteiger partial charge in [0.05, 0.1) is 16.5 Å². The number of halogens is 1. The van der Waals surface area contributed by atoms with Crippen LogP contribution in [0.25, 0.3) is 11.1 Å². The Bertz CT molecular complexity index is 1310. The highest BCUT2D eigenvalue weighted by molar-refractivity contribution is 7.89. The lowest BCUT2D eigenvalue weighted by Gasteiger charge is -2.18. The van der Waals surface area contributed by atoms with Crippen molar-refractivity contribution in [3.63, 3.8) is 0 Å². The van der Waals surface area contributed by atoms with Gasteiger partial charge in [0.1, 0.15) is 5.82 Å². The molecule has 1 atom stereocenters. The number of nitrogens with one attached hydrogen (secondary N) is 2. The summed E-state index contributed by atoms with van der Waals surface area (Å²) in [5.41, 5.74) is 7.48. The van der Waals surface area contributed by atoms with Gasteiger partial charge in [0.25, 0.3) is 5.91 Å². The maximum absolute atomic E-state index is 14.6. The van der Waals surface area contributed by atoms with Crippen LogP contribution in [0.1, 0.15) is 28.9 Å². The summed E-state index contributed by atoms with van der Waals surface area (Å²) >= 11 is 5.39. The Morgan fingerprint density at radius 3 is 2.21 bits per heavy atom. The number of primary amides is 1. The topological polar surface area (TPSA) is 105 Å². The number of carbonyl (C=O) groups is 1. The summed E-state index contributed by atoms with van der Waals surface area (Å²) in [6.45, 7) is 1.90. The number of anilines is 1. The zero-order valence-corrected chi connectivity index (χ0v) is 20.5. The van der Waals surface area contributed by atoms with E-state index in [9.17, 15) is 17.6 Å². The van der Waals surface area contributed by atoms with Crippen LogP contribution >= 0.6 is 12.2 Å². The predicted molar refractivity (Wildman–Crippen MR) is 135 cm³/mol. The van der Waals surface area contributed by atoms with Crippen LogP contribution in [-0.4, -0.2) is 37.8 Å². The highest BCUT2D eigenvalue weighted by Gasteiger charge is 2.18. The Kier molecular flexibility index (Phi) is 7.65. The molecule has 3 aromatic rings. The van der Waals surface area contributed by atoms with Crippen molar-refractivity contribution in [3.8, 4) is 11.1 Å². The molecule has 10 heteroatoms. The van der Waals surface area contributed by atoms with Gasteiger partial charge >= 0.3 is 0 Å². The van der Waals surface area contributed by atoms with Gasteiger partial charge in [-0.1, -0.05) is 36.4 Å². The summed E-state index contributed by atoms with van der Waals surface area (Å²) in [4.78, 5) is 11.6. The molecule has 3 rings (SSSR count). The van der Waals surface area contributed by atoms with E-state index in [-0.39, 0.29) is 22.1 Å². The van der Waals surface area contributed by atoms with Crippen LogP contribution in [0.4, 0.5) is 10.1 Å². The Balaban J connectivity index is 1.65. The molecule has 7 nitrogen and oxygen atoms in total. The molecule has 34 heavy (non-hydrogen) atoms. The quantitative estimate of drug-likeness (QED) is 0.425. The number of rotatable bonds is 7. The number of nitrogens with two attached hydrogens (primary N) is 1. The predicted octanol–water partition coefficient (Wildman–Crippen LogP) is 3.89. The molecule has 0 fully saturated rings. The Morgan fingerprint density at radius 1 is 1.03 bits per heavy atom. The minimum absolute atomic E-state index is 0.161. The number of amides is 1. The third-order valence-corrected chi connectivity index (χ3v) is 7.27. The molecule has 0 saturated heterocycles. The molecule has 0 saturated carbocycles. The van der Waals surface area contributed by atoms with Crippen LogP contribution in [0.2, 0.25) is 0 Å². The van der Waals surface area contributed by atoms with E-state index < -0.39 is 21.7 Å². The van der Waals surface area contributed by atoms with E-state index in [0.29, 0.717) is 16.4 Å². The average molecular weight is 501 g/mol. The third-order valence-electron chi connectivity index (χ3n) is 5.22. The molecule has 0 aliphatic rings. The van der Waals surface area contributed by atoms with Crippen LogP contribution in [0.15, 0.2) is 71.6 Å². The third kappa shape index (κ3) is 5.58. The number of carbonyl (C=O) groups excluding carboxylic acids is 1. The highest BCUT2D eigenvalue weighted by atomic mass is 32.2. The number of benzene rings is 3. The van der Waals surface area contributed by atoms with Crippen molar-refractivity contribution in [2.75, 3.05) is 19.4 Å². The number of thiocarbonyl (C=S) groups is 1. The largest absolute Gasteiger partial charge is 0.366 e. The van der Waals surface area contributed by atoms with Gasteiger partial charge in [-0.15, -0.1) is 0 Å². The zero-order valence-electron chi connectivity index (χ0n) is 18.9. The van der Waals surface area contributed by atoms with Crippen molar-refractivity contribution < 1.29 is 17.6 Å². The van der Waals surface area contributed by atoms with Gasteiger partial charge in [0, 0.05) is 25.3 Å². The number of sulfonamides is 1. The minimum Gasteiger partial charge on any atom is -0.366 e. The molecule has 4 N–H and O–H groups in total. The second-order valence-corrected chi connectivity index (χ2v) is 10.3. The molecule has 0 heterocycles. The van der Waals surface area contributed by atoms with Crippen molar-refractivity contribution >= 4 is 38.9 Å². The minimum atomic E-state index is -3.49. The van der Waals surface area contributed by atoms with E-state index >= 15 is 0 Å². The van der Waals surface area contributed by atoms with Crippen LogP contribution in [-0.2, 0) is 10.0 Å². The van der Waals surface area contributed by atoms with Crippen molar-refractivity contribution in [2.45, 2.75) is 17.9 Å². The number of hydrogen-bond donors (Lipinski definition) is 3. The second-order valence-electron chi connectivity index (χ2n) is 7.79. The van der Waals surface area contributed by atoms with Crippen molar-refractivity contribution in [1.29, 1.82) is 0 Å². The van der Waals surface area contributed by atoms with Crippen LogP contribution < -0.4 is 16.4 Å². The SMILES string of the molecule is CC(NC(=S)Nc1ccc(-c2cccc(C(N)=O)c2F)cc1)c1ccc(S(=O)(=O)N(C)C)cc1. The van der Waals surface area contributed by atoms with Crippen LogP contribution in [0, 0.1) is 5.82 Å². The van der Waals surface area contributed by atoms with Crippen molar-refractivity contribution in [3.05, 3.63) is 83.7 Å². The van der Waals surface area contributed by atoms with E-state index in [0.717, 1.165) is 9.87 Å². The van der Waals surface area contributed by atoms with E-state index in [4.69, 9.17) is 18.0 Å². The molecule has 1 amide bonds. The van der Waals surface area contributed by atoms with E-state index in [1.54, 1.807) is 60.7 Å². The first-order chi connectivity index (χ1) is 16.0. The maximum Gasteiger partial charge on any atom is 0.251 e. The first kappa shape index (κ1) is 25.3. The van der Waals surface area contributed by atoms with Gasteiger partial charge in [0.15, 0.2) is 5.11 Å². The Labute approximate surface area is 203 Å². The molecule has 0 spiro atoms. The summed E-state index contributed by atoms with van der Waals surface area (Å²) in [6.07, 6.45) is 0. The molecule has 0 bridgehead atoms. The molecular weight excluding hydrogens is 475 g/mol. The van der Waals surface area contributed by atoms with Gasteiger partial charge in [-0.25, -0.2) is 17.1 Å². The van der Waals surface area contributed by atoms with Crippen molar-refractivity contribution in [2.24, 2.45) is 5.73 Å². The molecule has 3 aromatic carbocycles. The van der Waals surface area contributed by atoms with Gasteiger partial charge in [-0.3, -0.25) is 4.79 Å². The monoisotopic (exact) mass is 500 g/mol. The lowest BCUT2D eigenvalue weighted by molar-refractivity contribution is 0.0996. The summed E-state index contributed by atoms with van der Waals surface area (Å²) in [6, 6.07) is 17.8. The first-order valence-electron chi connectivity index (χ1n) is 10.3. The van der Waals surface area contributed by atoms with Gasteiger partial charge in [-0.2, -0.15) is 0 Å². The average Bonchev–Trinajstić information content (AvgIpc) is 2.79. The van der Waals surface area contributed by atoms with Gasteiger partial charge in [0.2, 0.25) is 10.0 Å². The van der Waals surface area contributed by atoms with E-state index in [2.05, 4.69) is 10.6 Å². The Morgan fingerprint density at radius 2 is 1.65 bits per heavy atom. The summed E-state index contributed by atoms with van der Waals surface area (Å²) in [5, 5.41) is 6.58. The molecule has 1 unspecified atom stereocenters. The zero-order chi connectivity index (χ0) is 25.0. The lowest BCUT2D eigenvalue weighted by Crippen LogP contribution is -2.31. The summed E-state index contributed by atoms with van der Waals surface area (Å²) in [7, 11) is -0.518. The normalized spacial score (nSPS) is 12.3. The first-order valence-corrected chi connectivity index (χ1v) is 12.1. The second kappa shape index (κ2) is 10.3. The van der Waals surface area contributed by atoms with E-state index in [1.807, 2.05) is 6.92 Å². The fourth-order valence-corrected chi connectivity index (χ4v) is 4.46. The Hall–Kier alpha value is -3.34. The summed E-state index contributed by atoms with van der Waals surface area (Å²) in [5.74, 6) is -1.48. The van der Waals surface area contributed by atoms with Crippen LogP contribution in [0.5, 0.6) is 0 Å². The van der Waals surface area contributed by atoms with Gasteiger partial charge in [-0.05, 0) is 60.6 Å². The molecule has 0 aromatic heterocycles. The maximum atomic E-state index is 14.6. The highest BCUT2D eigenvalue weighted by Crippen LogP contribution is 2.26. The molecule has 0 radical (unpaired) electrons. The van der Waals surface area contributed by atoms with Crippen molar-refractivity contribution in [1.82, 2.24) is 9.62 Å². The molecule has 0 aliphatic heterocycles. The molecular formula is C24H25FN4O3S2. The fourth-order valence-electron chi connectivity index (χ4n) is 3.26. The van der Waals surface area contributed by atoms with Gasteiger partial charge < -0.3 is 16.4 Å². The lowest BCUT2D eigenvalue weighted by atomic mass is 10.0. The molecule has 0 aliphatic carbocycles. The smallest absolute Gasteiger partial charge is 0.251 e. The van der Waals surface area contributed by atoms with Crippen LogP contribution in [0.3, 0.4) is 0 Å². The molecule has 178 valence electrons. The number of hydrogen-bond acceptors (Lipinski definition) is 4.